The number of amides is 2. The number of carbonyl (C=O) groups is 4. The van der Waals surface area contributed by atoms with Gasteiger partial charge < -0.3 is 4.74 Å². The zero-order valence-electron chi connectivity index (χ0n) is 36.0. The van der Waals surface area contributed by atoms with Gasteiger partial charge in [-0.3, -0.25) is 33.4 Å². The second kappa shape index (κ2) is 26.1. The van der Waals surface area contributed by atoms with Crippen molar-refractivity contribution >= 4 is 78.3 Å². The number of nitrogens with zero attached hydrogens (tertiary/aromatic N) is 7. The number of hydrogen-bond acceptors (Lipinski definition) is 15. The van der Waals surface area contributed by atoms with Crippen LogP contribution in [0.5, 0.6) is 0 Å². The summed E-state index contributed by atoms with van der Waals surface area (Å²) in [6, 6.07) is 0. The number of aryl methyl sites for hydroxylation is 4. The molecule has 0 aromatic carbocycles. The predicted molar refractivity (Wildman–Crippen MR) is 237 cm³/mol. The van der Waals surface area contributed by atoms with E-state index in [4.69, 9.17) is 4.74 Å². The SMILES string of the molecule is CC.CN1C(=O)C2C3C=CC(C)(O3)C2C1=O.CSC1CC(=O)C(C)C1=O.CSCCS(C)(=O)=O.CSSC.Cc1cn(C)nn1.Cn1nnc2c1CCCCCC2. The third-order valence-electron chi connectivity index (χ3n) is 9.59. The van der Waals surface area contributed by atoms with Crippen molar-refractivity contribution in [1.82, 2.24) is 34.9 Å². The molecule has 1 saturated carbocycles. The van der Waals surface area contributed by atoms with Crippen LogP contribution in [0.25, 0.3) is 0 Å². The normalized spacial score (nSPS) is 25.2. The van der Waals surface area contributed by atoms with Crippen molar-refractivity contribution in [2.75, 3.05) is 49.8 Å². The molecular weight excluding hydrogens is 827 g/mol. The van der Waals surface area contributed by atoms with E-state index in [1.165, 1.54) is 66.4 Å². The van der Waals surface area contributed by atoms with Crippen LogP contribution in [0.4, 0.5) is 0 Å². The Kier molecular flexibility index (Phi) is 24.2. The molecule has 14 nitrogen and oxygen atoms in total. The summed E-state index contributed by atoms with van der Waals surface area (Å²) in [6.07, 6.45) is 22.7. The van der Waals surface area contributed by atoms with Crippen LogP contribution in [0.1, 0.15) is 76.9 Å². The van der Waals surface area contributed by atoms with Crippen molar-refractivity contribution in [3.8, 4) is 0 Å². The van der Waals surface area contributed by atoms with E-state index in [0.717, 1.165) is 12.1 Å². The highest BCUT2D eigenvalue weighted by atomic mass is 33.1. The number of fused-ring (bicyclic) bond motifs is 6. The van der Waals surface area contributed by atoms with Crippen molar-refractivity contribution in [3.05, 3.63) is 35.4 Å². The molecule has 2 aliphatic carbocycles. The minimum Gasteiger partial charge on any atom is -0.362 e. The van der Waals surface area contributed by atoms with E-state index < -0.39 is 15.4 Å². The number of ether oxygens (including phenoxy) is 1. The van der Waals surface area contributed by atoms with Gasteiger partial charge in [0, 0.05) is 45.8 Å². The van der Waals surface area contributed by atoms with Crippen LogP contribution in [0.2, 0.25) is 0 Å². The lowest BCUT2D eigenvalue weighted by atomic mass is 9.78. The first-order valence-corrected chi connectivity index (χ1v) is 26.8. The molecular formula is C38H65N7O7S5. The summed E-state index contributed by atoms with van der Waals surface area (Å²) in [5.41, 5.74) is 3.00. The number of hydrogen-bond donors (Lipinski definition) is 0. The number of likely N-dealkylation sites (tertiary alicyclic amines) is 1. The first-order valence-electron chi connectivity index (χ1n) is 19.1. The predicted octanol–water partition coefficient (Wildman–Crippen LogP) is 5.49. The van der Waals surface area contributed by atoms with Gasteiger partial charge >= 0.3 is 0 Å². The van der Waals surface area contributed by atoms with Gasteiger partial charge in [-0.1, -0.05) is 70.9 Å². The third-order valence-corrected chi connectivity index (χ3v) is 13.7. The molecule has 3 fully saturated rings. The maximum absolute atomic E-state index is 11.8. The number of sulfone groups is 1. The molecule has 5 aliphatic rings. The van der Waals surface area contributed by atoms with Gasteiger partial charge in [0.15, 0.2) is 5.78 Å². The second-order valence-electron chi connectivity index (χ2n) is 13.9. The summed E-state index contributed by atoms with van der Waals surface area (Å²) in [7, 11) is 6.23. The molecule has 19 heteroatoms. The number of imide groups is 1. The summed E-state index contributed by atoms with van der Waals surface area (Å²) >= 11 is 3.03. The van der Waals surface area contributed by atoms with Crippen LogP contribution in [-0.2, 0) is 60.7 Å². The van der Waals surface area contributed by atoms with Crippen molar-refractivity contribution in [2.24, 2.45) is 31.8 Å². The van der Waals surface area contributed by atoms with Crippen molar-refractivity contribution in [3.63, 3.8) is 0 Å². The number of thioether (sulfide) groups is 2. The molecule has 6 atom stereocenters. The molecule has 0 N–H and O–H groups in total. The molecule has 2 amide bonds. The second-order valence-corrected chi connectivity index (χ2v) is 20.8. The van der Waals surface area contributed by atoms with Crippen LogP contribution >= 0.6 is 45.1 Å². The zero-order valence-corrected chi connectivity index (χ0v) is 40.1. The Morgan fingerprint density at radius 1 is 0.912 bits per heavy atom. The Morgan fingerprint density at radius 3 is 1.93 bits per heavy atom. The fourth-order valence-electron chi connectivity index (χ4n) is 6.45. The topological polar surface area (TPSA) is 176 Å². The van der Waals surface area contributed by atoms with Crippen LogP contribution in [-0.4, -0.2) is 133 Å². The summed E-state index contributed by atoms with van der Waals surface area (Å²) in [6.45, 7) is 9.48. The summed E-state index contributed by atoms with van der Waals surface area (Å²) in [5, 5.41) is 15.6. The van der Waals surface area contributed by atoms with E-state index in [2.05, 4.69) is 33.1 Å². The van der Waals surface area contributed by atoms with Gasteiger partial charge in [-0.25, -0.2) is 8.42 Å². The van der Waals surface area contributed by atoms with E-state index >= 15 is 0 Å². The van der Waals surface area contributed by atoms with Crippen LogP contribution in [0.15, 0.2) is 18.3 Å². The van der Waals surface area contributed by atoms with Crippen LogP contribution < -0.4 is 0 Å². The van der Waals surface area contributed by atoms with Crippen molar-refractivity contribution < 1.29 is 32.3 Å². The average molecular weight is 892 g/mol. The lowest BCUT2D eigenvalue weighted by Crippen LogP contribution is -2.36. The van der Waals surface area contributed by atoms with Crippen molar-refractivity contribution in [1.29, 1.82) is 0 Å². The molecule has 2 bridgehead atoms. The summed E-state index contributed by atoms with van der Waals surface area (Å²) < 4.78 is 30.0. The molecule has 5 heterocycles. The van der Waals surface area contributed by atoms with E-state index in [9.17, 15) is 27.6 Å². The van der Waals surface area contributed by atoms with Crippen molar-refractivity contribution in [2.45, 2.75) is 96.5 Å². The van der Waals surface area contributed by atoms with Gasteiger partial charge in [-0.2, -0.15) is 23.5 Å². The molecule has 2 saturated heterocycles. The van der Waals surface area contributed by atoms with Gasteiger partial charge in [-0.15, -0.1) is 10.2 Å². The number of carbonyl (C=O) groups excluding carboxylic acids is 4. The van der Waals surface area contributed by atoms with E-state index in [0.29, 0.717) is 17.9 Å². The quantitative estimate of drug-likeness (QED) is 0.159. The number of ketones is 2. The van der Waals surface area contributed by atoms with Crippen LogP contribution in [0, 0.1) is 24.7 Å². The van der Waals surface area contributed by atoms with Gasteiger partial charge in [0.1, 0.15) is 15.6 Å². The van der Waals surface area contributed by atoms with Gasteiger partial charge in [-0.05, 0) is 71.5 Å². The Balaban J connectivity index is 0.000000351. The van der Waals surface area contributed by atoms with Gasteiger partial charge in [0.05, 0.1) is 57.5 Å². The van der Waals surface area contributed by atoms with E-state index in [-0.39, 0.29) is 52.5 Å². The first kappa shape index (κ1) is 52.8. The molecule has 0 spiro atoms. The van der Waals surface area contributed by atoms with Gasteiger partial charge in [0.25, 0.3) is 0 Å². The Hall–Kier alpha value is -2.19. The fraction of sp³-hybridized carbons (Fsp3) is 0.737. The third kappa shape index (κ3) is 16.4. The number of aromatic nitrogens is 6. The Morgan fingerprint density at radius 2 is 1.53 bits per heavy atom. The van der Waals surface area contributed by atoms with Crippen LogP contribution in [0.3, 0.4) is 0 Å². The Labute approximate surface area is 357 Å². The molecule has 6 unspecified atom stereocenters. The molecule has 324 valence electrons. The largest absolute Gasteiger partial charge is 0.362 e. The first-order chi connectivity index (χ1) is 26.8. The smallest absolute Gasteiger partial charge is 0.236 e. The van der Waals surface area contributed by atoms with Gasteiger partial charge in [0.2, 0.25) is 11.8 Å². The van der Waals surface area contributed by atoms with E-state index in [1.54, 1.807) is 52.0 Å². The molecule has 7 rings (SSSR count). The maximum Gasteiger partial charge on any atom is 0.236 e. The molecule has 57 heavy (non-hydrogen) atoms. The Bertz CT molecular complexity index is 1700. The molecule has 2 aromatic heterocycles. The molecule has 0 radical (unpaired) electrons. The lowest BCUT2D eigenvalue weighted by Gasteiger charge is -2.22. The highest BCUT2D eigenvalue weighted by Crippen LogP contribution is 2.51. The van der Waals surface area contributed by atoms with E-state index in [1.807, 2.05) is 77.3 Å². The monoisotopic (exact) mass is 891 g/mol. The summed E-state index contributed by atoms with van der Waals surface area (Å²) in [4.78, 5) is 46.8. The number of Topliss-reactive ketones (excluding diaryl/α,β-unsaturated/α-hetero) is 2. The lowest BCUT2D eigenvalue weighted by molar-refractivity contribution is -0.142. The highest BCUT2D eigenvalue weighted by molar-refractivity contribution is 8.76. The molecule has 3 aliphatic heterocycles. The standard InChI is InChI=1S/C10H11NO3.C9H15N3.C7H10O2S.C4H7N3.C4H10O2S2.C2H6S2.C2H6/c1-10-4-3-5(14-10)6-7(10)9(13)11(2)8(6)12;1-12-9-7-5-3-2-4-6-8(9)10-11-12;1-4-5(8)3-6(10-2)7(4)9;1-4-3-7(2)6-5-4;1-7-3-4-8(2,5)6;1-3-4-2;1-2/h3-7H,1-2H3;2-7H2,1H3;4,6H,3H2,1-2H3;3H,1-2H3;3-4H2,1-2H3;1-2H3;1-2H3. The maximum atomic E-state index is 11.8. The average Bonchev–Trinajstić information content (AvgIpc) is 4.00. The fourth-order valence-corrected chi connectivity index (χ4v) is 9.09. The minimum absolute atomic E-state index is 0.0532. The number of rotatable bonds is 5. The highest BCUT2D eigenvalue weighted by Gasteiger charge is 2.65. The minimum atomic E-state index is -2.71. The summed E-state index contributed by atoms with van der Waals surface area (Å²) in [5.74, 6) is 0.108. The zero-order chi connectivity index (χ0) is 43.5. The molecule has 2 aromatic rings.